The third kappa shape index (κ3) is 1.58. The Hall–Kier alpha value is -0.870. The van der Waals surface area contributed by atoms with E-state index in [1.54, 1.807) is 11.3 Å². The number of thiophene rings is 1. The van der Waals surface area contributed by atoms with Gasteiger partial charge in [0, 0.05) is 10.9 Å². The molecule has 0 fully saturated rings. The molecule has 15 heavy (non-hydrogen) atoms. The number of nitrogens with one attached hydrogen (secondary N) is 1. The van der Waals surface area contributed by atoms with Crippen LogP contribution in [0.5, 0.6) is 0 Å². The molecule has 3 nitrogen and oxygen atoms in total. The van der Waals surface area contributed by atoms with E-state index in [-0.39, 0.29) is 5.97 Å². The van der Waals surface area contributed by atoms with Gasteiger partial charge in [0.05, 0.1) is 7.11 Å². The van der Waals surface area contributed by atoms with Gasteiger partial charge in [-0.25, -0.2) is 4.79 Å². The fourth-order valence-electron chi connectivity index (χ4n) is 2.23. The highest BCUT2D eigenvalue weighted by atomic mass is 32.1. The van der Waals surface area contributed by atoms with Gasteiger partial charge < -0.3 is 4.74 Å². The number of carbonyl (C=O) groups is 1. The van der Waals surface area contributed by atoms with Crippen molar-refractivity contribution in [3.8, 4) is 0 Å². The summed E-state index contributed by atoms with van der Waals surface area (Å²) in [4.78, 5) is 12.9. The third-order valence-corrected chi connectivity index (χ3v) is 4.03. The molecule has 0 aliphatic carbocycles. The Balaban J connectivity index is 2.47. The minimum atomic E-state index is -0.671. The van der Waals surface area contributed by atoms with Crippen LogP contribution in [0.25, 0.3) is 0 Å². The van der Waals surface area contributed by atoms with Crippen molar-refractivity contribution in [1.82, 2.24) is 5.32 Å². The number of rotatable bonds is 1. The topological polar surface area (TPSA) is 38.3 Å². The zero-order chi connectivity index (χ0) is 11.1. The van der Waals surface area contributed by atoms with Crippen LogP contribution < -0.4 is 5.32 Å². The summed E-state index contributed by atoms with van der Waals surface area (Å²) in [6.07, 6.45) is 0.978. The molecule has 1 aromatic rings. The maximum absolute atomic E-state index is 11.8. The van der Waals surface area contributed by atoms with Crippen molar-refractivity contribution in [2.24, 2.45) is 0 Å². The molecule has 0 saturated carbocycles. The molecule has 0 unspecified atom stereocenters. The maximum atomic E-state index is 11.8. The normalized spacial score (nSPS) is 29.7. The van der Waals surface area contributed by atoms with Crippen LogP contribution in [0.2, 0.25) is 0 Å². The second-order valence-corrected chi connectivity index (χ2v) is 5.06. The molecule has 1 aromatic heterocycles. The van der Waals surface area contributed by atoms with Crippen LogP contribution in [0.1, 0.15) is 24.3 Å². The van der Waals surface area contributed by atoms with Crippen LogP contribution in [0.15, 0.2) is 11.4 Å². The molecule has 1 aliphatic heterocycles. The van der Waals surface area contributed by atoms with Gasteiger partial charge in [-0.1, -0.05) is 0 Å². The van der Waals surface area contributed by atoms with Crippen LogP contribution in [0.4, 0.5) is 0 Å². The molecule has 2 atom stereocenters. The number of carbonyl (C=O) groups excluding carboxylic acids is 1. The summed E-state index contributed by atoms with van der Waals surface area (Å²) in [6.45, 7) is 3.98. The van der Waals surface area contributed by atoms with Gasteiger partial charge in [0.25, 0.3) is 0 Å². The monoisotopic (exact) mass is 225 g/mol. The molecular weight excluding hydrogens is 210 g/mol. The molecule has 1 aliphatic rings. The van der Waals surface area contributed by atoms with E-state index in [2.05, 4.69) is 18.3 Å². The summed E-state index contributed by atoms with van der Waals surface area (Å²) < 4.78 is 4.87. The molecule has 0 spiro atoms. The Labute approximate surface area is 93.4 Å². The van der Waals surface area contributed by atoms with Crippen LogP contribution >= 0.6 is 11.3 Å². The zero-order valence-corrected chi connectivity index (χ0v) is 9.98. The van der Waals surface area contributed by atoms with E-state index >= 15 is 0 Å². The first kappa shape index (κ1) is 10.6. The van der Waals surface area contributed by atoms with Crippen molar-refractivity contribution >= 4 is 17.3 Å². The lowest BCUT2D eigenvalue weighted by Gasteiger charge is -2.35. The Morgan fingerprint density at radius 1 is 1.73 bits per heavy atom. The Morgan fingerprint density at radius 3 is 3.13 bits per heavy atom. The third-order valence-electron chi connectivity index (χ3n) is 2.86. The molecule has 0 radical (unpaired) electrons. The average molecular weight is 225 g/mol. The summed E-state index contributed by atoms with van der Waals surface area (Å²) in [5.41, 5.74) is 0.592. The fourth-order valence-corrected chi connectivity index (χ4v) is 3.28. The van der Waals surface area contributed by atoms with E-state index in [1.165, 1.54) is 12.7 Å². The van der Waals surface area contributed by atoms with Crippen LogP contribution in [0.3, 0.4) is 0 Å². The van der Waals surface area contributed by atoms with E-state index in [0.717, 1.165) is 11.3 Å². The maximum Gasteiger partial charge on any atom is 0.331 e. The van der Waals surface area contributed by atoms with Crippen molar-refractivity contribution in [2.45, 2.75) is 31.8 Å². The Kier molecular flexibility index (Phi) is 2.56. The fraction of sp³-hybridized carbons (Fsp3) is 0.545. The molecule has 82 valence electrons. The predicted octanol–water partition coefficient (Wildman–Crippen LogP) is 1.67. The van der Waals surface area contributed by atoms with Gasteiger partial charge >= 0.3 is 5.97 Å². The first-order valence-electron chi connectivity index (χ1n) is 5.01. The molecule has 4 heteroatoms. The van der Waals surface area contributed by atoms with Gasteiger partial charge in [-0.2, -0.15) is 0 Å². The van der Waals surface area contributed by atoms with Crippen LogP contribution in [0, 0.1) is 0 Å². The standard InChI is InChI=1S/C11H15NO2S/c1-7-6-8-4-5-15-9(8)11(2,12-7)10(13)14-3/h4-5,7,12H,6H2,1-3H3/t7-,11-/m0/s1. The lowest BCUT2D eigenvalue weighted by molar-refractivity contribution is -0.148. The molecule has 0 aromatic carbocycles. The van der Waals surface area contributed by atoms with Gasteiger partial charge in [0.2, 0.25) is 0 Å². The smallest absolute Gasteiger partial charge is 0.331 e. The summed E-state index contributed by atoms with van der Waals surface area (Å²) in [5, 5.41) is 5.35. The minimum Gasteiger partial charge on any atom is -0.467 e. The lowest BCUT2D eigenvalue weighted by atomic mass is 9.88. The molecule has 0 amide bonds. The van der Waals surface area contributed by atoms with E-state index in [0.29, 0.717) is 6.04 Å². The van der Waals surface area contributed by atoms with Crippen molar-refractivity contribution in [3.63, 3.8) is 0 Å². The first-order chi connectivity index (χ1) is 7.08. The molecule has 0 saturated heterocycles. The number of esters is 1. The second-order valence-electron chi connectivity index (χ2n) is 4.14. The van der Waals surface area contributed by atoms with Crippen molar-refractivity contribution in [1.29, 1.82) is 0 Å². The van der Waals surface area contributed by atoms with Crippen molar-refractivity contribution < 1.29 is 9.53 Å². The van der Waals surface area contributed by atoms with Gasteiger partial charge in [-0.15, -0.1) is 11.3 Å². The highest BCUT2D eigenvalue weighted by Gasteiger charge is 2.43. The largest absolute Gasteiger partial charge is 0.467 e. The molecule has 0 bridgehead atoms. The van der Waals surface area contributed by atoms with E-state index in [1.807, 2.05) is 12.3 Å². The summed E-state index contributed by atoms with van der Waals surface area (Å²) in [7, 11) is 1.43. The molecule has 2 rings (SSSR count). The van der Waals surface area contributed by atoms with Gasteiger partial charge in [-0.05, 0) is 37.3 Å². The van der Waals surface area contributed by atoms with Gasteiger partial charge in [-0.3, -0.25) is 5.32 Å². The first-order valence-corrected chi connectivity index (χ1v) is 5.89. The van der Waals surface area contributed by atoms with E-state index in [9.17, 15) is 4.79 Å². The number of hydrogen-bond acceptors (Lipinski definition) is 4. The van der Waals surface area contributed by atoms with Gasteiger partial charge in [0.15, 0.2) is 0 Å². The zero-order valence-electron chi connectivity index (χ0n) is 9.16. The summed E-state index contributed by atoms with van der Waals surface area (Å²) in [6, 6.07) is 2.40. The van der Waals surface area contributed by atoms with Crippen LogP contribution in [-0.2, 0) is 21.5 Å². The number of methoxy groups -OCH3 is 1. The van der Waals surface area contributed by atoms with E-state index < -0.39 is 5.54 Å². The number of hydrogen-bond donors (Lipinski definition) is 1. The lowest BCUT2D eigenvalue weighted by Crippen LogP contribution is -2.54. The minimum absolute atomic E-state index is 0.210. The SMILES string of the molecule is COC(=O)[C@@]1(C)N[C@@H](C)Cc2ccsc21. The van der Waals surface area contributed by atoms with Crippen molar-refractivity contribution in [2.75, 3.05) is 7.11 Å². The quantitative estimate of drug-likeness (QED) is 0.739. The van der Waals surface area contributed by atoms with Gasteiger partial charge in [0.1, 0.15) is 5.54 Å². The molecule has 1 N–H and O–H groups in total. The average Bonchev–Trinajstić information content (AvgIpc) is 2.64. The number of ether oxygens (including phenoxy) is 1. The second kappa shape index (κ2) is 3.61. The summed E-state index contributed by atoms with van der Waals surface area (Å²) in [5.74, 6) is -0.210. The highest BCUT2D eigenvalue weighted by Crippen LogP contribution is 2.35. The van der Waals surface area contributed by atoms with Crippen molar-refractivity contribution in [3.05, 3.63) is 21.9 Å². The highest BCUT2D eigenvalue weighted by molar-refractivity contribution is 7.10. The molecule has 2 heterocycles. The molecular formula is C11H15NO2S. The number of fused-ring (bicyclic) bond motifs is 1. The Bertz CT molecular complexity index is 388. The van der Waals surface area contributed by atoms with Crippen LogP contribution in [-0.4, -0.2) is 19.1 Å². The summed E-state index contributed by atoms with van der Waals surface area (Å²) >= 11 is 1.61. The predicted molar refractivity (Wildman–Crippen MR) is 60.0 cm³/mol. The van der Waals surface area contributed by atoms with E-state index in [4.69, 9.17) is 4.74 Å². The Morgan fingerprint density at radius 2 is 2.47 bits per heavy atom.